The van der Waals surface area contributed by atoms with Crippen LogP contribution in [0.2, 0.25) is 0 Å². The number of benzene rings is 2. The molecule has 0 bridgehead atoms. The number of fused-ring (bicyclic) bond motifs is 3. The third-order valence-corrected chi connectivity index (χ3v) is 4.41. The number of nitriles is 1. The van der Waals surface area contributed by atoms with Gasteiger partial charge >= 0.3 is 0 Å². The third kappa shape index (κ3) is 2.09. The average Bonchev–Trinajstić information content (AvgIpc) is 3.02. The Labute approximate surface area is 140 Å². The number of nitrogens with zero attached hydrogens (tertiary/aromatic N) is 4. The van der Waals surface area contributed by atoms with Crippen molar-refractivity contribution >= 4 is 29.1 Å². The maximum atomic E-state index is 8.96. The number of rotatable bonds is 3. The smallest absolute Gasteiger partial charge is 0.257 e. The highest BCUT2D eigenvalue weighted by molar-refractivity contribution is 6.38. The molecular formula is C19H16N5+. The van der Waals surface area contributed by atoms with Gasteiger partial charge in [0.1, 0.15) is 30.3 Å². The van der Waals surface area contributed by atoms with E-state index in [2.05, 4.69) is 23.3 Å². The highest BCUT2D eigenvalue weighted by Crippen LogP contribution is 2.41. The van der Waals surface area contributed by atoms with E-state index >= 15 is 0 Å². The van der Waals surface area contributed by atoms with Gasteiger partial charge in [0, 0.05) is 18.2 Å². The van der Waals surface area contributed by atoms with Gasteiger partial charge in [0.2, 0.25) is 0 Å². The average molecular weight is 314 g/mol. The van der Waals surface area contributed by atoms with Gasteiger partial charge in [0.25, 0.3) is 5.84 Å². The van der Waals surface area contributed by atoms with Crippen molar-refractivity contribution in [2.45, 2.75) is 0 Å². The fourth-order valence-corrected chi connectivity index (χ4v) is 3.24. The lowest BCUT2D eigenvalue weighted by atomic mass is 10.1. The van der Waals surface area contributed by atoms with Crippen molar-refractivity contribution in [3.8, 4) is 6.07 Å². The zero-order chi connectivity index (χ0) is 16.6. The number of hydrogen-bond donors (Lipinski definition) is 1. The molecule has 0 saturated heterocycles. The van der Waals surface area contributed by atoms with Crippen LogP contribution in [0, 0.1) is 11.3 Å². The molecular weight excluding hydrogens is 298 g/mol. The van der Waals surface area contributed by atoms with Gasteiger partial charge in [-0.05, 0) is 18.2 Å². The van der Waals surface area contributed by atoms with Gasteiger partial charge in [-0.3, -0.25) is 0 Å². The molecule has 1 unspecified atom stereocenters. The summed E-state index contributed by atoms with van der Waals surface area (Å²) in [7, 11) is 0. The predicted octanol–water partition coefficient (Wildman–Crippen LogP) is 2.95. The van der Waals surface area contributed by atoms with Crippen LogP contribution < -0.4 is 10.2 Å². The third-order valence-electron chi connectivity index (χ3n) is 4.41. The van der Waals surface area contributed by atoms with Gasteiger partial charge in [-0.2, -0.15) is 10.3 Å². The Morgan fingerprint density at radius 1 is 1.08 bits per heavy atom. The van der Waals surface area contributed by atoms with Gasteiger partial charge in [0.05, 0.1) is 11.6 Å². The van der Waals surface area contributed by atoms with Crippen LogP contribution in [0.1, 0.15) is 11.1 Å². The lowest BCUT2D eigenvalue weighted by Crippen LogP contribution is -2.52. The largest absolute Gasteiger partial charge is 0.326 e. The number of hydrogen-bond acceptors (Lipinski definition) is 4. The summed E-state index contributed by atoms with van der Waals surface area (Å²) in [5, 5.41) is 8.96. The predicted molar refractivity (Wildman–Crippen MR) is 96.9 cm³/mol. The Morgan fingerprint density at radius 2 is 1.88 bits per heavy atom. The van der Waals surface area contributed by atoms with Crippen molar-refractivity contribution in [1.82, 2.24) is 4.48 Å². The van der Waals surface area contributed by atoms with Gasteiger partial charge in [-0.1, -0.05) is 24.3 Å². The molecule has 4 rings (SSSR count). The Balaban J connectivity index is 1.86. The molecule has 2 aromatic carbocycles. The minimum Gasteiger partial charge on any atom is -0.326 e. The highest BCUT2D eigenvalue weighted by Gasteiger charge is 2.43. The molecule has 0 amide bonds. The Morgan fingerprint density at radius 3 is 2.62 bits per heavy atom. The van der Waals surface area contributed by atoms with E-state index in [4.69, 9.17) is 16.0 Å². The summed E-state index contributed by atoms with van der Waals surface area (Å²) < 4.78 is 0.492. The summed E-state index contributed by atoms with van der Waals surface area (Å²) in [5.41, 5.74) is 10.4. The molecule has 0 aliphatic carbocycles. The quantitative estimate of drug-likeness (QED) is 0.884. The van der Waals surface area contributed by atoms with E-state index in [0.717, 1.165) is 35.0 Å². The van der Waals surface area contributed by atoms with Crippen LogP contribution in [0.3, 0.4) is 0 Å². The minimum atomic E-state index is 0.492. The first-order valence-electron chi connectivity index (χ1n) is 7.81. The molecule has 0 spiro atoms. The van der Waals surface area contributed by atoms with Crippen molar-refractivity contribution in [1.29, 1.82) is 5.26 Å². The van der Waals surface area contributed by atoms with Gasteiger partial charge in [-0.25, -0.2) is 9.48 Å². The van der Waals surface area contributed by atoms with Gasteiger partial charge < -0.3 is 5.73 Å². The molecule has 2 aliphatic heterocycles. The normalized spacial score (nSPS) is 20.7. The lowest BCUT2D eigenvalue weighted by Gasteiger charge is -2.32. The molecule has 0 saturated carbocycles. The standard InChI is InChI=1S/C19H16N5/c20-9-10-24-13-17(15-7-5-14(11-21)6-8-15)23-19(24)12-22-16-3-1-2-4-18(16)24/h1-8,12-13H,9-10,20H2/q+1. The fraction of sp³-hybridized carbons (Fsp3) is 0.105. The van der Waals surface area contributed by atoms with Crippen LogP contribution in [-0.2, 0) is 0 Å². The molecule has 0 aromatic heterocycles. The van der Waals surface area contributed by atoms with E-state index in [1.165, 1.54) is 0 Å². The first-order valence-corrected chi connectivity index (χ1v) is 7.81. The van der Waals surface area contributed by atoms with Crippen molar-refractivity contribution in [2.24, 2.45) is 15.7 Å². The van der Waals surface area contributed by atoms with E-state index < -0.39 is 0 Å². The van der Waals surface area contributed by atoms with Crippen LogP contribution in [0.25, 0.3) is 5.70 Å². The van der Waals surface area contributed by atoms with E-state index in [1.807, 2.05) is 48.7 Å². The van der Waals surface area contributed by atoms with Crippen molar-refractivity contribution in [2.75, 3.05) is 13.1 Å². The Hall–Kier alpha value is -3.07. The maximum absolute atomic E-state index is 8.96. The van der Waals surface area contributed by atoms with Crippen molar-refractivity contribution in [3.05, 3.63) is 65.9 Å². The number of nitrogens with two attached hydrogens (primary N) is 1. The number of aliphatic imine (C=N–C) groups is 2. The van der Waals surface area contributed by atoms with Crippen LogP contribution in [0.4, 0.5) is 11.4 Å². The zero-order valence-corrected chi connectivity index (χ0v) is 13.1. The Kier molecular flexibility index (Phi) is 3.35. The van der Waals surface area contributed by atoms with Crippen LogP contribution >= 0.6 is 0 Å². The SMILES string of the molecule is N#Cc1ccc(C2=C[N+]3(CCN)C(=N2)C=Nc2ccccc23)cc1. The van der Waals surface area contributed by atoms with E-state index in [1.54, 1.807) is 0 Å². The molecule has 2 aromatic rings. The summed E-state index contributed by atoms with van der Waals surface area (Å²) in [4.78, 5) is 9.32. The van der Waals surface area contributed by atoms with Crippen LogP contribution in [-0.4, -0.2) is 25.1 Å². The molecule has 2 heterocycles. The Bertz CT molecular complexity index is 931. The van der Waals surface area contributed by atoms with E-state index in [-0.39, 0.29) is 0 Å². The first-order chi connectivity index (χ1) is 11.8. The second-order valence-electron chi connectivity index (χ2n) is 5.80. The summed E-state index contributed by atoms with van der Waals surface area (Å²) in [6.45, 7) is 1.26. The lowest BCUT2D eigenvalue weighted by molar-refractivity contribution is 0.560. The molecule has 1 atom stereocenters. The number of para-hydroxylation sites is 2. The molecule has 2 aliphatic rings. The highest BCUT2D eigenvalue weighted by atomic mass is 15.4. The molecule has 24 heavy (non-hydrogen) atoms. The fourth-order valence-electron chi connectivity index (χ4n) is 3.24. The zero-order valence-electron chi connectivity index (χ0n) is 13.1. The topological polar surface area (TPSA) is 74.5 Å². The monoisotopic (exact) mass is 314 g/mol. The second kappa shape index (κ2) is 5.53. The van der Waals surface area contributed by atoms with Gasteiger partial charge in [0.15, 0.2) is 5.69 Å². The minimum absolute atomic E-state index is 0.492. The van der Waals surface area contributed by atoms with Crippen molar-refractivity contribution in [3.63, 3.8) is 0 Å². The molecule has 2 N–H and O–H groups in total. The first kappa shape index (κ1) is 14.5. The summed E-state index contributed by atoms with van der Waals surface area (Å²) in [5.74, 6) is 0.874. The van der Waals surface area contributed by atoms with Gasteiger partial charge in [-0.15, -0.1) is 0 Å². The van der Waals surface area contributed by atoms with Crippen LogP contribution in [0.5, 0.6) is 0 Å². The molecule has 0 radical (unpaired) electrons. The summed E-state index contributed by atoms with van der Waals surface area (Å²) >= 11 is 0. The second-order valence-corrected chi connectivity index (χ2v) is 5.80. The van der Waals surface area contributed by atoms with Crippen molar-refractivity contribution < 1.29 is 0 Å². The van der Waals surface area contributed by atoms with E-state index in [0.29, 0.717) is 16.6 Å². The van der Waals surface area contributed by atoms with Crippen LogP contribution in [0.15, 0.2) is 64.7 Å². The molecule has 5 heteroatoms. The summed E-state index contributed by atoms with van der Waals surface area (Å²) in [6, 6.07) is 17.7. The molecule has 0 fully saturated rings. The number of quaternary nitrogens is 1. The number of amidine groups is 1. The maximum Gasteiger partial charge on any atom is 0.257 e. The molecule has 116 valence electrons. The summed E-state index contributed by atoms with van der Waals surface area (Å²) in [6.07, 6.45) is 3.96. The molecule has 5 nitrogen and oxygen atoms in total. The van der Waals surface area contributed by atoms with E-state index in [9.17, 15) is 0 Å².